The molecule has 1 N–H and O–H groups in total. The number of benzene rings is 3. The number of aryl methyl sites for hydroxylation is 1. The molecule has 0 aliphatic rings. The van der Waals surface area contributed by atoms with E-state index >= 15 is 0 Å². The summed E-state index contributed by atoms with van der Waals surface area (Å²) in [5, 5.41) is 12.9. The first-order valence-corrected chi connectivity index (χ1v) is 14.4. The Labute approximate surface area is 211 Å². The molecular weight excluding hydrogens is 448 g/mol. The second-order valence-electron chi connectivity index (χ2n) is 10.0. The fraction of sp³-hybridized carbons (Fsp3) is 0.323. The first-order chi connectivity index (χ1) is 16.8. The molecule has 0 fully saturated rings. The number of rotatable bonds is 12. The van der Waals surface area contributed by atoms with Crippen molar-refractivity contribution in [3.63, 3.8) is 0 Å². The molecule has 4 heteroatoms. The van der Waals surface area contributed by atoms with Gasteiger partial charge in [-0.15, -0.1) is 0 Å². The van der Waals surface area contributed by atoms with Crippen LogP contribution in [0.3, 0.4) is 0 Å². The molecule has 184 valence electrons. The van der Waals surface area contributed by atoms with Gasteiger partial charge in [-0.3, -0.25) is 4.79 Å². The Kier molecular flexibility index (Phi) is 9.79. The quantitative estimate of drug-likeness (QED) is 0.210. The Morgan fingerprint density at radius 1 is 0.886 bits per heavy atom. The number of hydrogen-bond donors (Lipinski definition) is 1. The van der Waals surface area contributed by atoms with Crippen molar-refractivity contribution in [2.75, 3.05) is 6.61 Å². The maximum absolute atomic E-state index is 12.2. The molecule has 0 bridgehead atoms. The maximum Gasteiger partial charge on any atom is 0.261 e. The molecular formula is C31H38O3Si. The predicted molar refractivity (Wildman–Crippen MR) is 148 cm³/mol. The molecule has 0 saturated carbocycles. The monoisotopic (exact) mass is 486 g/mol. The van der Waals surface area contributed by atoms with Crippen molar-refractivity contribution in [1.82, 2.24) is 0 Å². The predicted octanol–water partition coefficient (Wildman–Crippen LogP) is 5.46. The smallest absolute Gasteiger partial charge is 0.261 e. The normalized spacial score (nSPS) is 13.1. The van der Waals surface area contributed by atoms with Crippen LogP contribution in [0.15, 0.2) is 103 Å². The first kappa shape index (κ1) is 26.8. The van der Waals surface area contributed by atoms with Crippen molar-refractivity contribution in [1.29, 1.82) is 0 Å². The fourth-order valence-corrected chi connectivity index (χ4v) is 9.20. The third-order valence-corrected chi connectivity index (χ3v) is 11.4. The van der Waals surface area contributed by atoms with Gasteiger partial charge in [0.15, 0.2) is 5.78 Å². The number of carbonyl (C=O) groups excluding carboxylic acids is 1. The van der Waals surface area contributed by atoms with Gasteiger partial charge in [0, 0.05) is 13.0 Å². The van der Waals surface area contributed by atoms with Crippen LogP contribution in [-0.2, 0) is 15.6 Å². The third kappa shape index (κ3) is 7.34. The number of allylic oxidation sites excluding steroid dienone is 1. The minimum Gasteiger partial charge on any atom is -0.407 e. The van der Waals surface area contributed by atoms with E-state index in [1.807, 2.05) is 42.5 Å². The molecule has 3 nitrogen and oxygen atoms in total. The number of aliphatic hydroxyl groups is 1. The summed E-state index contributed by atoms with van der Waals surface area (Å²) < 4.78 is 6.87. The lowest BCUT2D eigenvalue weighted by atomic mass is 10.1. The highest BCUT2D eigenvalue weighted by Crippen LogP contribution is 2.36. The zero-order valence-electron chi connectivity index (χ0n) is 21.2. The van der Waals surface area contributed by atoms with Crippen LogP contribution in [0, 0.1) is 0 Å². The zero-order chi connectivity index (χ0) is 25.2. The molecule has 1 unspecified atom stereocenters. The van der Waals surface area contributed by atoms with Crippen molar-refractivity contribution < 1.29 is 14.3 Å². The summed E-state index contributed by atoms with van der Waals surface area (Å²) in [5.74, 6) is 0.0384. The van der Waals surface area contributed by atoms with Crippen molar-refractivity contribution in [2.24, 2.45) is 0 Å². The van der Waals surface area contributed by atoms with Crippen LogP contribution in [0.25, 0.3) is 0 Å². The van der Waals surface area contributed by atoms with E-state index in [9.17, 15) is 9.90 Å². The second-order valence-corrected chi connectivity index (χ2v) is 14.3. The highest BCUT2D eigenvalue weighted by atomic mass is 28.4. The van der Waals surface area contributed by atoms with E-state index in [4.69, 9.17) is 4.43 Å². The lowest BCUT2D eigenvalue weighted by Gasteiger charge is -2.43. The van der Waals surface area contributed by atoms with Gasteiger partial charge in [0.1, 0.15) is 0 Å². The minimum atomic E-state index is -2.55. The average molecular weight is 487 g/mol. The summed E-state index contributed by atoms with van der Waals surface area (Å²) in [6.07, 6.45) is 4.93. The van der Waals surface area contributed by atoms with Crippen LogP contribution in [0.4, 0.5) is 0 Å². The lowest BCUT2D eigenvalue weighted by molar-refractivity contribution is -0.114. The van der Waals surface area contributed by atoms with Crippen LogP contribution in [-0.4, -0.2) is 31.9 Å². The Hall–Kier alpha value is -2.79. The van der Waals surface area contributed by atoms with Gasteiger partial charge in [0.2, 0.25) is 0 Å². The van der Waals surface area contributed by atoms with E-state index in [2.05, 4.69) is 69.3 Å². The first-order valence-electron chi connectivity index (χ1n) is 12.5. The van der Waals surface area contributed by atoms with Crippen LogP contribution in [0.1, 0.15) is 45.6 Å². The van der Waals surface area contributed by atoms with Crippen molar-refractivity contribution in [3.8, 4) is 0 Å². The van der Waals surface area contributed by atoms with Gasteiger partial charge in [0.25, 0.3) is 8.32 Å². The second kappa shape index (κ2) is 12.8. The van der Waals surface area contributed by atoms with Crippen LogP contribution in [0.5, 0.6) is 0 Å². The van der Waals surface area contributed by atoms with E-state index in [0.717, 1.165) is 5.56 Å². The van der Waals surface area contributed by atoms with Gasteiger partial charge in [-0.05, 0) is 46.3 Å². The summed E-state index contributed by atoms with van der Waals surface area (Å²) in [7, 11) is -2.55. The van der Waals surface area contributed by atoms with Gasteiger partial charge in [-0.1, -0.05) is 118 Å². The van der Waals surface area contributed by atoms with Crippen LogP contribution in [0.2, 0.25) is 5.04 Å². The SMILES string of the molecule is CC(C)(C)[Si](OCCCC(O)/C=C/C(=O)CCc1ccccc1)(c1ccccc1)c1ccccc1. The molecule has 3 aromatic carbocycles. The largest absolute Gasteiger partial charge is 0.407 e. The number of ketones is 1. The molecule has 3 aromatic rings. The van der Waals surface area contributed by atoms with Gasteiger partial charge in [0.05, 0.1) is 6.10 Å². The summed E-state index contributed by atoms with van der Waals surface area (Å²) in [4.78, 5) is 12.2. The maximum atomic E-state index is 12.2. The molecule has 3 rings (SSSR count). The molecule has 1 atom stereocenters. The summed E-state index contributed by atoms with van der Waals surface area (Å²) in [6, 6.07) is 31.1. The van der Waals surface area contributed by atoms with Crippen LogP contribution >= 0.6 is 0 Å². The lowest BCUT2D eigenvalue weighted by Crippen LogP contribution is -2.66. The Bertz CT molecular complexity index is 1020. The van der Waals surface area contributed by atoms with E-state index in [1.54, 1.807) is 6.08 Å². The molecule has 0 heterocycles. The Morgan fingerprint density at radius 2 is 1.40 bits per heavy atom. The van der Waals surface area contributed by atoms with Gasteiger partial charge in [-0.25, -0.2) is 0 Å². The number of hydrogen-bond acceptors (Lipinski definition) is 3. The fourth-order valence-electron chi connectivity index (χ4n) is 4.59. The van der Waals surface area contributed by atoms with E-state index in [0.29, 0.717) is 32.3 Å². The topological polar surface area (TPSA) is 46.5 Å². The van der Waals surface area contributed by atoms with Gasteiger partial charge in [-0.2, -0.15) is 0 Å². The van der Waals surface area contributed by atoms with E-state index in [1.165, 1.54) is 16.4 Å². The Balaban J connectivity index is 1.59. The number of carbonyl (C=O) groups is 1. The molecule has 0 aromatic heterocycles. The van der Waals surface area contributed by atoms with Crippen molar-refractivity contribution in [2.45, 2.75) is 57.6 Å². The average Bonchev–Trinajstić information content (AvgIpc) is 2.87. The van der Waals surface area contributed by atoms with Gasteiger partial charge >= 0.3 is 0 Å². The molecule has 35 heavy (non-hydrogen) atoms. The van der Waals surface area contributed by atoms with Crippen molar-refractivity contribution in [3.05, 3.63) is 109 Å². The van der Waals surface area contributed by atoms with E-state index < -0.39 is 14.4 Å². The minimum absolute atomic E-state index is 0.0384. The highest BCUT2D eigenvalue weighted by molar-refractivity contribution is 6.99. The summed E-state index contributed by atoms with van der Waals surface area (Å²) in [6.45, 7) is 7.34. The van der Waals surface area contributed by atoms with E-state index in [-0.39, 0.29) is 10.8 Å². The summed E-state index contributed by atoms with van der Waals surface area (Å²) >= 11 is 0. The van der Waals surface area contributed by atoms with Crippen molar-refractivity contribution >= 4 is 24.5 Å². The Morgan fingerprint density at radius 3 is 1.91 bits per heavy atom. The van der Waals surface area contributed by atoms with Crippen LogP contribution < -0.4 is 10.4 Å². The molecule has 0 aliphatic heterocycles. The molecule has 0 radical (unpaired) electrons. The molecule has 0 saturated heterocycles. The summed E-state index contributed by atoms with van der Waals surface area (Å²) in [5.41, 5.74) is 1.15. The molecule has 0 aliphatic carbocycles. The zero-order valence-corrected chi connectivity index (χ0v) is 22.2. The number of aliphatic hydroxyl groups excluding tert-OH is 1. The third-order valence-electron chi connectivity index (χ3n) is 6.39. The molecule has 0 amide bonds. The standard InChI is InChI=1S/C31H38O3Si/c1-31(2,3)35(29-17-9-5-10-18-29,30-19-11-6-12-20-30)34-25-13-16-27(32)23-24-28(33)22-21-26-14-7-4-8-15-26/h4-12,14-15,17-20,23-24,27,32H,13,16,21-22,25H2,1-3H3/b24-23+. The van der Waals surface area contributed by atoms with Gasteiger partial charge < -0.3 is 9.53 Å². The molecule has 0 spiro atoms. The highest BCUT2D eigenvalue weighted by Gasteiger charge is 2.49.